The van der Waals surface area contributed by atoms with Crippen LogP contribution in [0.2, 0.25) is 0 Å². The summed E-state index contributed by atoms with van der Waals surface area (Å²) < 4.78 is 2.04. The summed E-state index contributed by atoms with van der Waals surface area (Å²) in [5.41, 5.74) is 1.70. The van der Waals surface area contributed by atoms with Gasteiger partial charge in [-0.05, 0) is 44.4 Å². The average molecular weight is 333 g/mol. The molecule has 0 unspecified atom stereocenters. The Kier molecular flexibility index (Phi) is 5.65. The molecule has 23 heavy (non-hydrogen) atoms. The summed E-state index contributed by atoms with van der Waals surface area (Å²) in [7, 11) is 3.94. The molecule has 2 aromatic rings. The number of nitrogens with one attached hydrogen (secondary N) is 1. The fourth-order valence-electron chi connectivity index (χ4n) is 2.26. The average Bonchev–Trinajstić information content (AvgIpc) is 2.95. The zero-order chi connectivity index (χ0) is 17.0. The van der Waals surface area contributed by atoms with Crippen molar-refractivity contribution in [3.8, 4) is 0 Å². The molecule has 1 N–H and O–H groups in total. The maximum atomic E-state index is 12.3. The Balaban J connectivity index is 2.06. The van der Waals surface area contributed by atoms with Crippen molar-refractivity contribution in [3.63, 3.8) is 0 Å². The number of aromatic nitrogens is 3. The van der Waals surface area contributed by atoms with Gasteiger partial charge in [-0.1, -0.05) is 11.8 Å². The minimum Gasteiger partial charge on any atom is -0.378 e. The summed E-state index contributed by atoms with van der Waals surface area (Å²) in [5, 5.41) is 12.1. The van der Waals surface area contributed by atoms with E-state index in [1.165, 1.54) is 0 Å². The van der Waals surface area contributed by atoms with Crippen LogP contribution in [-0.2, 0) is 6.54 Å². The van der Waals surface area contributed by atoms with E-state index in [4.69, 9.17) is 0 Å². The van der Waals surface area contributed by atoms with Crippen LogP contribution in [0.5, 0.6) is 0 Å². The van der Waals surface area contributed by atoms with Gasteiger partial charge in [0.1, 0.15) is 0 Å². The minimum atomic E-state index is -0.112. The lowest BCUT2D eigenvalue weighted by molar-refractivity contribution is 0.0949. The Morgan fingerprint density at radius 2 is 1.91 bits per heavy atom. The van der Waals surface area contributed by atoms with Gasteiger partial charge in [0.05, 0.1) is 6.54 Å². The van der Waals surface area contributed by atoms with Gasteiger partial charge >= 0.3 is 0 Å². The van der Waals surface area contributed by atoms with Crippen LogP contribution in [-0.4, -0.2) is 41.0 Å². The van der Waals surface area contributed by atoms with Crippen molar-refractivity contribution in [2.75, 3.05) is 25.3 Å². The lowest BCUT2D eigenvalue weighted by Crippen LogP contribution is -2.25. The van der Waals surface area contributed by atoms with Crippen molar-refractivity contribution in [2.24, 2.45) is 0 Å². The number of carbonyl (C=O) groups excluding carboxylic acids is 1. The molecule has 0 atom stereocenters. The van der Waals surface area contributed by atoms with E-state index in [-0.39, 0.29) is 11.9 Å². The molecular weight excluding hydrogens is 310 g/mol. The first kappa shape index (κ1) is 17.3. The van der Waals surface area contributed by atoms with Crippen LogP contribution < -0.4 is 10.2 Å². The molecule has 0 radical (unpaired) electrons. The molecule has 7 heteroatoms. The second-order valence-electron chi connectivity index (χ2n) is 5.69. The fraction of sp³-hybridized carbons (Fsp3) is 0.438. The number of anilines is 1. The summed E-state index contributed by atoms with van der Waals surface area (Å²) >= 11 is 1.55. The summed E-state index contributed by atoms with van der Waals surface area (Å²) in [6, 6.07) is 7.75. The molecule has 2 rings (SSSR count). The highest BCUT2D eigenvalue weighted by molar-refractivity contribution is 7.98. The monoisotopic (exact) mass is 333 g/mol. The number of benzene rings is 1. The summed E-state index contributed by atoms with van der Waals surface area (Å²) in [4.78, 5) is 14.3. The lowest BCUT2D eigenvalue weighted by atomic mass is 10.2. The lowest BCUT2D eigenvalue weighted by Gasteiger charge is -2.14. The highest BCUT2D eigenvalue weighted by Crippen LogP contribution is 2.19. The Bertz CT molecular complexity index is 664. The first-order valence-corrected chi connectivity index (χ1v) is 8.70. The fourth-order valence-corrected chi connectivity index (χ4v) is 2.89. The summed E-state index contributed by atoms with van der Waals surface area (Å²) in [6.07, 6.45) is 1.97. The van der Waals surface area contributed by atoms with Crippen molar-refractivity contribution in [1.82, 2.24) is 20.1 Å². The largest absolute Gasteiger partial charge is 0.378 e. The second kappa shape index (κ2) is 7.50. The van der Waals surface area contributed by atoms with E-state index in [1.807, 2.05) is 54.1 Å². The smallest absolute Gasteiger partial charge is 0.251 e. The number of amides is 1. The zero-order valence-electron chi connectivity index (χ0n) is 14.2. The van der Waals surface area contributed by atoms with Gasteiger partial charge in [0.2, 0.25) is 0 Å². The molecule has 0 aliphatic carbocycles. The van der Waals surface area contributed by atoms with Crippen molar-refractivity contribution in [2.45, 2.75) is 31.6 Å². The van der Waals surface area contributed by atoms with Crippen LogP contribution in [0.4, 0.5) is 5.69 Å². The molecule has 0 aliphatic rings. The van der Waals surface area contributed by atoms with E-state index in [9.17, 15) is 4.79 Å². The molecular formula is C16H23N5OS. The van der Waals surface area contributed by atoms with E-state index < -0.39 is 0 Å². The third kappa shape index (κ3) is 4.04. The molecule has 0 spiro atoms. The Hall–Kier alpha value is -2.02. The van der Waals surface area contributed by atoms with Crippen LogP contribution in [0, 0.1) is 0 Å². The topological polar surface area (TPSA) is 63.1 Å². The van der Waals surface area contributed by atoms with E-state index in [0.717, 1.165) is 16.7 Å². The molecule has 0 saturated heterocycles. The van der Waals surface area contributed by atoms with Crippen LogP contribution in [0.3, 0.4) is 0 Å². The molecule has 1 aromatic carbocycles. The number of rotatable bonds is 6. The number of nitrogens with zero attached hydrogens (tertiary/aromatic N) is 4. The Labute approximate surface area is 141 Å². The molecule has 6 nitrogen and oxygen atoms in total. The van der Waals surface area contributed by atoms with Gasteiger partial charge in [0.15, 0.2) is 11.0 Å². The summed E-state index contributed by atoms with van der Waals surface area (Å²) in [6.45, 7) is 4.52. The summed E-state index contributed by atoms with van der Waals surface area (Å²) in [5.74, 6) is 0.655. The predicted octanol–water partition coefficient (Wildman–Crippen LogP) is 2.58. The highest BCUT2D eigenvalue weighted by atomic mass is 32.2. The number of carbonyl (C=O) groups is 1. The molecule has 0 fully saturated rings. The highest BCUT2D eigenvalue weighted by Gasteiger charge is 2.15. The number of thioether (sulfide) groups is 1. The molecule has 1 aromatic heterocycles. The van der Waals surface area contributed by atoms with Gasteiger partial charge in [-0.2, -0.15) is 0 Å². The van der Waals surface area contributed by atoms with Gasteiger partial charge in [0, 0.05) is 31.4 Å². The molecule has 1 heterocycles. The third-order valence-electron chi connectivity index (χ3n) is 3.49. The van der Waals surface area contributed by atoms with E-state index in [1.54, 1.807) is 11.8 Å². The molecule has 124 valence electrons. The van der Waals surface area contributed by atoms with Crippen LogP contribution >= 0.6 is 11.8 Å². The van der Waals surface area contributed by atoms with Crippen molar-refractivity contribution >= 4 is 23.4 Å². The third-order valence-corrected chi connectivity index (χ3v) is 4.13. The van der Waals surface area contributed by atoms with Gasteiger partial charge < -0.3 is 14.8 Å². The van der Waals surface area contributed by atoms with Crippen molar-refractivity contribution < 1.29 is 4.79 Å². The standard InChI is InChI=1S/C16H23N5OS/c1-11(2)21-14(18-19-16(21)23-5)10-17-15(22)12-6-8-13(9-7-12)20(3)4/h6-9,11H,10H2,1-5H3,(H,17,22). The molecule has 0 aliphatic heterocycles. The first-order valence-electron chi connectivity index (χ1n) is 7.47. The van der Waals surface area contributed by atoms with Crippen molar-refractivity contribution in [1.29, 1.82) is 0 Å². The SMILES string of the molecule is CSc1nnc(CNC(=O)c2ccc(N(C)C)cc2)n1C(C)C. The van der Waals surface area contributed by atoms with Crippen LogP contribution in [0.1, 0.15) is 36.1 Å². The molecule has 0 bridgehead atoms. The van der Waals surface area contributed by atoms with E-state index in [0.29, 0.717) is 12.1 Å². The number of hydrogen-bond donors (Lipinski definition) is 1. The molecule has 0 saturated carbocycles. The maximum Gasteiger partial charge on any atom is 0.251 e. The molecule has 1 amide bonds. The Morgan fingerprint density at radius 1 is 1.26 bits per heavy atom. The minimum absolute atomic E-state index is 0.112. The van der Waals surface area contributed by atoms with Gasteiger partial charge in [-0.25, -0.2) is 0 Å². The van der Waals surface area contributed by atoms with Crippen LogP contribution in [0.15, 0.2) is 29.4 Å². The predicted molar refractivity (Wildman–Crippen MR) is 94.1 cm³/mol. The van der Waals surface area contributed by atoms with Gasteiger partial charge in [-0.15, -0.1) is 10.2 Å². The second-order valence-corrected chi connectivity index (χ2v) is 6.46. The first-order chi connectivity index (χ1) is 10.9. The van der Waals surface area contributed by atoms with E-state index >= 15 is 0 Å². The van der Waals surface area contributed by atoms with Gasteiger partial charge in [0.25, 0.3) is 5.91 Å². The Morgan fingerprint density at radius 3 is 2.43 bits per heavy atom. The number of hydrogen-bond acceptors (Lipinski definition) is 5. The van der Waals surface area contributed by atoms with Crippen molar-refractivity contribution in [3.05, 3.63) is 35.7 Å². The maximum absolute atomic E-state index is 12.3. The normalized spacial score (nSPS) is 10.9. The zero-order valence-corrected chi connectivity index (χ0v) is 15.0. The van der Waals surface area contributed by atoms with E-state index in [2.05, 4.69) is 29.4 Å². The van der Waals surface area contributed by atoms with Gasteiger partial charge in [-0.3, -0.25) is 4.79 Å². The quantitative estimate of drug-likeness (QED) is 0.823. The van der Waals surface area contributed by atoms with Crippen LogP contribution in [0.25, 0.3) is 0 Å².